The molecule has 0 aliphatic rings. The number of carboxylic acid groups (broad SMARTS) is 2. The number of hydrogen-bond acceptors (Lipinski definition) is 3. The number of carboxylic acids is 2. The quantitative estimate of drug-likeness (QED) is 0.676. The minimum Gasteiger partial charge on any atom is -0.481 e. The fourth-order valence-corrected chi connectivity index (χ4v) is 2.02. The van der Waals surface area contributed by atoms with E-state index in [0.29, 0.717) is 9.50 Å². The molecule has 0 fully saturated rings. The molecule has 0 bridgehead atoms. The Morgan fingerprint density at radius 2 is 1.95 bits per heavy atom. The van der Waals surface area contributed by atoms with E-state index in [1.54, 1.807) is 6.07 Å². The van der Waals surface area contributed by atoms with Gasteiger partial charge in [-0.1, -0.05) is 11.6 Å². The van der Waals surface area contributed by atoms with E-state index in [1.165, 1.54) is 12.1 Å². The maximum atomic E-state index is 12.0. The van der Waals surface area contributed by atoms with E-state index in [4.69, 9.17) is 21.8 Å². The number of halogens is 2. The number of rotatable bonds is 7. The summed E-state index contributed by atoms with van der Waals surface area (Å²) in [4.78, 5) is 33.4. The molecule has 6 nitrogen and oxygen atoms in total. The Morgan fingerprint density at radius 3 is 2.48 bits per heavy atom. The van der Waals surface area contributed by atoms with Crippen LogP contribution in [0.5, 0.6) is 0 Å². The zero-order chi connectivity index (χ0) is 16.0. The Bertz CT molecular complexity index is 563. The normalized spacial score (nSPS) is 11.7. The Kier molecular flexibility index (Phi) is 6.64. The van der Waals surface area contributed by atoms with Gasteiger partial charge in [-0.25, -0.2) is 4.79 Å². The molecule has 1 aromatic rings. The molecule has 8 heteroatoms. The summed E-state index contributed by atoms with van der Waals surface area (Å²) in [6.45, 7) is 0. The van der Waals surface area contributed by atoms with E-state index in [9.17, 15) is 14.4 Å². The van der Waals surface area contributed by atoms with Crippen LogP contribution in [0.1, 0.15) is 29.6 Å². The molecule has 0 spiro atoms. The van der Waals surface area contributed by atoms with E-state index in [2.05, 4.69) is 21.2 Å². The molecule has 0 saturated carbocycles. The molecule has 21 heavy (non-hydrogen) atoms. The van der Waals surface area contributed by atoms with Crippen LogP contribution in [0.3, 0.4) is 0 Å². The highest BCUT2D eigenvalue weighted by atomic mass is 79.9. The first kappa shape index (κ1) is 17.5. The zero-order valence-corrected chi connectivity index (χ0v) is 13.1. The minimum absolute atomic E-state index is 0.0393. The molecule has 0 radical (unpaired) electrons. The second kappa shape index (κ2) is 7.99. The third kappa shape index (κ3) is 5.73. The van der Waals surface area contributed by atoms with Gasteiger partial charge >= 0.3 is 11.9 Å². The van der Waals surface area contributed by atoms with Gasteiger partial charge in [0.1, 0.15) is 6.04 Å². The van der Waals surface area contributed by atoms with Crippen molar-refractivity contribution in [3.63, 3.8) is 0 Å². The number of nitrogens with one attached hydrogen (secondary N) is 1. The third-order valence-electron chi connectivity index (χ3n) is 2.67. The molecular formula is C13H13BrClNO5. The Morgan fingerprint density at radius 1 is 1.29 bits per heavy atom. The van der Waals surface area contributed by atoms with Crippen molar-refractivity contribution in [2.75, 3.05) is 0 Å². The Balaban J connectivity index is 2.69. The lowest BCUT2D eigenvalue weighted by molar-refractivity contribution is -0.140. The van der Waals surface area contributed by atoms with Gasteiger partial charge in [0.2, 0.25) is 0 Å². The number of aliphatic carboxylic acids is 2. The van der Waals surface area contributed by atoms with Crippen LogP contribution < -0.4 is 5.32 Å². The fraction of sp³-hybridized carbons (Fsp3) is 0.308. The van der Waals surface area contributed by atoms with Gasteiger partial charge in [0, 0.05) is 16.5 Å². The van der Waals surface area contributed by atoms with Gasteiger partial charge in [0.25, 0.3) is 5.91 Å². The molecule has 1 aromatic carbocycles. The second-order valence-corrected chi connectivity index (χ2v) is 5.54. The fourth-order valence-electron chi connectivity index (χ4n) is 1.59. The average Bonchev–Trinajstić information content (AvgIpc) is 2.40. The molecule has 1 atom stereocenters. The maximum absolute atomic E-state index is 12.0. The SMILES string of the molecule is O=C(O)CCC[C@@H](NC(=O)c1ccc(Br)c(Cl)c1)C(=O)O. The van der Waals surface area contributed by atoms with Crippen LogP contribution in [0.15, 0.2) is 22.7 Å². The van der Waals surface area contributed by atoms with Gasteiger partial charge in [-0.15, -0.1) is 0 Å². The van der Waals surface area contributed by atoms with Crippen LogP contribution in [-0.2, 0) is 9.59 Å². The van der Waals surface area contributed by atoms with Crippen molar-refractivity contribution in [2.45, 2.75) is 25.3 Å². The molecule has 1 rings (SSSR count). The first-order valence-corrected chi connectivity index (χ1v) is 7.19. The lowest BCUT2D eigenvalue weighted by Crippen LogP contribution is -2.40. The minimum atomic E-state index is -1.21. The van der Waals surface area contributed by atoms with E-state index >= 15 is 0 Å². The molecule has 0 unspecified atom stereocenters. The Labute approximate surface area is 134 Å². The molecule has 0 aliphatic heterocycles. The van der Waals surface area contributed by atoms with Crippen LogP contribution in [0.2, 0.25) is 5.02 Å². The number of carbonyl (C=O) groups is 3. The third-order valence-corrected chi connectivity index (χ3v) is 3.90. The predicted octanol–water partition coefficient (Wildman–Crippen LogP) is 2.54. The van der Waals surface area contributed by atoms with Crippen LogP contribution in [0.4, 0.5) is 0 Å². The summed E-state index contributed by atoms with van der Waals surface area (Å²) < 4.78 is 0.622. The topological polar surface area (TPSA) is 104 Å². The van der Waals surface area contributed by atoms with E-state index < -0.39 is 23.9 Å². The van der Waals surface area contributed by atoms with Gasteiger partial charge in [-0.05, 0) is 47.0 Å². The average molecular weight is 379 g/mol. The largest absolute Gasteiger partial charge is 0.481 e. The Hall–Kier alpha value is -1.60. The molecule has 0 aliphatic carbocycles. The monoisotopic (exact) mass is 377 g/mol. The summed E-state index contributed by atoms with van der Waals surface area (Å²) in [5.41, 5.74) is 0.229. The molecule has 0 heterocycles. The van der Waals surface area contributed by atoms with Crippen LogP contribution in [0, 0.1) is 0 Å². The zero-order valence-electron chi connectivity index (χ0n) is 10.8. The second-order valence-electron chi connectivity index (χ2n) is 4.28. The molecule has 0 aromatic heterocycles. The molecule has 0 saturated heterocycles. The lowest BCUT2D eigenvalue weighted by Gasteiger charge is -2.14. The first-order valence-electron chi connectivity index (χ1n) is 6.01. The van der Waals surface area contributed by atoms with Crippen molar-refractivity contribution in [1.82, 2.24) is 5.32 Å². The lowest BCUT2D eigenvalue weighted by atomic mass is 10.1. The van der Waals surface area contributed by atoms with Crippen molar-refractivity contribution in [1.29, 1.82) is 0 Å². The molecular weight excluding hydrogens is 366 g/mol. The smallest absolute Gasteiger partial charge is 0.326 e. The van der Waals surface area contributed by atoms with Gasteiger partial charge < -0.3 is 15.5 Å². The van der Waals surface area contributed by atoms with E-state index in [0.717, 1.165) is 0 Å². The van der Waals surface area contributed by atoms with Gasteiger partial charge in [0.05, 0.1) is 5.02 Å². The van der Waals surface area contributed by atoms with E-state index in [1.807, 2.05) is 0 Å². The van der Waals surface area contributed by atoms with Crippen molar-refractivity contribution in [3.05, 3.63) is 33.3 Å². The number of hydrogen-bond donors (Lipinski definition) is 3. The molecule has 3 N–H and O–H groups in total. The van der Waals surface area contributed by atoms with Crippen molar-refractivity contribution >= 4 is 45.4 Å². The molecule has 1 amide bonds. The van der Waals surface area contributed by atoms with Crippen LogP contribution in [0.25, 0.3) is 0 Å². The predicted molar refractivity (Wildman–Crippen MR) is 79.5 cm³/mol. The van der Waals surface area contributed by atoms with Gasteiger partial charge in [0.15, 0.2) is 0 Å². The van der Waals surface area contributed by atoms with Crippen molar-refractivity contribution in [2.24, 2.45) is 0 Å². The first-order chi connectivity index (χ1) is 9.81. The van der Waals surface area contributed by atoms with Crippen molar-refractivity contribution in [3.8, 4) is 0 Å². The summed E-state index contributed by atoms with van der Waals surface area (Å²) in [5.74, 6) is -2.80. The van der Waals surface area contributed by atoms with Gasteiger partial charge in [-0.2, -0.15) is 0 Å². The summed E-state index contributed by atoms with van der Waals surface area (Å²) >= 11 is 9.05. The summed E-state index contributed by atoms with van der Waals surface area (Å²) in [7, 11) is 0. The maximum Gasteiger partial charge on any atom is 0.326 e. The number of amides is 1. The number of carbonyl (C=O) groups excluding carboxylic acids is 1. The standard InChI is InChI=1S/C13H13BrClNO5/c14-8-5-4-7(6-9(8)15)12(19)16-10(13(20)21)2-1-3-11(17)18/h4-6,10H,1-3H2,(H,16,19)(H,17,18)(H,20,21)/t10-/m1/s1. The van der Waals surface area contributed by atoms with Crippen molar-refractivity contribution < 1.29 is 24.6 Å². The summed E-state index contributed by atoms with van der Waals surface area (Å²) in [5, 5.41) is 20.2. The van der Waals surface area contributed by atoms with Gasteiger partial charge in [-0.3, -0.25) is 9.59 Å². The highest BCUT2D eigenvalue weighted by Crippen LogP contribution is 2.23. The van der Waals surface area contributed by atoms with Crippen LogP contribution >= 0.6 is 27.5 Å². The highest BCUT2D eigenvalue weighted by molar-refractivity contribution is 9.10. The highest BCUT2D eigenvalue weighted by Gasteiger charge is 2.21. The number of benzene rings is 1. The summed E-state index contributed by atoms with van der Waals surface area (Å²) in [6, 6.07) is 3.36. The van der Waals surface area contributed by atoms with E-state index in [-0.39, 0.29) is 24.8 Å². The summed E-state index contributed by atoms with van der Waals surface area (Å²) in [6.07, 6.45) is 0.0507. The molecule has 114 valence electrons. The van der Waals surface area contributed by atoms with Crippen LogP contribution in [-0.4, -0.2) is 34.1 Å².